The van der Waals surface area contributed by atoms with Crippen LogP contribution in [0.5, 0.6) is 0 Å². The van der Waals surface area contributed by atoms with E-state index >= 15 is 0 Å². The maximum Gasteiger partial charge on any atom is 0.259 e. The fourth-order valence-electron chi connectivity index (χ4n) is 3.55. The Bertz CT molecular complexity index is 1010. The molecule has 1 fully saturated rings. The van der Waals surface area contributed by atoms with E-state index in [1.54, 1.807) is 12.3 Å². The monoisotopic (exact) mass is 396 g/mol. The van der Waals surface area contributed by atoms with Crippen molar-refractivity contribution in [2.24, 2.45) is 0 Å². The van der Waals surface area contributed by atoms with E-state index in [0.29, 0.717) is 11.9 Å². The molecule has 4 nitrogen and oxygen atoms in total. The number of carbonyl (C=O) groups is 1. The summed E-state index contributed by atoms with van der Waals surface area (Å²) >= 11 is 3.49. The average molecular weight is 397 g/mol. The van der Waals surface area contributed by atoms with E-state index in [2.05, 4.69) is 20.9 Å². The van der Waals surface area contributed by atoms with Crippen LogP contribution in [0.2, 0.25) is 0 Å². The molecule has 126 valence electrons. The van der Waals surface area contributed by atoms with Crippen molar-refractivity contribution in [3.63, 3.8) is 0 Å². The maximum absolute atomic E-state index is 13.1. The number of benzene rings is 2. The molecule has 25 heavy (non-hydrogen) atoms. The first kappa shape index (κ1) is 16.1. The number of likely N-dealkylation sites (tertiary alicyclic amines) is 1. The lowest BCUT2D eigenvalue weighted by molar-refractivity contribution is 0.0734. The number of aromatic nitrogens is 1. The number of hydrogen-bond acceptors (Lipinski definition) is 2. The van der Waals surface area contributed by atoms with Gasteiger partial charge in [-0.1, -0.05) is 40.2 Å². The number of H-pyrrole nitrogens is 1. The van der Waals surface area contributed by atoms with Crippen LogP contribution in [-0.2, 0) is 0 Å². The molecular weight excluding hydrogens is 380 g/mol. The van der Waals surface area contributed by atoms with Crippen LogP contribution in [0.1, 0.15) is 34.8 Å². The number of nitrogens with zero attached hydrogens (tertiary/aromatic N) is 1. The molecule has 0 radical (unpaired) electrons. The number of fused-ring (bicyclic) bond motifs is 1. The molecule has 1 aromatic heterocycles. The molecule has 0 spiro atoms. The van der Waals surface area contributed by atoms with E-state index in [-0.39, 0.29) is 22.9 Å². The van der Waals surface area contributed by atoms with Crippen molar-refractivity contribution in [1.29, 1.82) is 0 Å². The van der Waals surface area contributed by atoms with Gasteiger partial charge in [0.05, 0.1) is 6.04 Å². The number of nitrogens with one attached hydrogen (secondary N) is 1. The summed E-state index contributed by atoms with van der Waals surface area (Å²) in [5.74, 6) is -0.200. The van der Waals surface area contributed by atoms with Gasteiger partial charge in [0.25, 0.3) is 5.91 Å². The average Bonchev–Trinajstić information content (AvgIpc) is 3.11. The molecule has 1 saturated heterocycles. The molecule has 3 aromatic rings. The third kappa shape index (κ3) is 2.89. The summed E-state index contributed by atoms with van der Waals surface area (Å²) in [4.78, 5) is 30.7. The molecular formula is C20H17BrN2O2. The summed E-state index contributed by atoms with van der Waals surface area (Å²) in [6, 6.07) is 15.3. The summed E-state index contributed by atoms with van der Waals surface area (Å²) < 4.78 is 0.993. The minimum Gasteiger partial charge on any atom is -0.360 e. The van der Waals surface area contributed by atoms with Crippen LogP contribution in [0.4, 0.5) is 0 Å². The Morgan fingerprint density at radius 1 is 1.16 bits per heavy atom. The molecule has 0 aliphatic carbocycles. The van der Waals surface area contributed by atoms with E-state index in [1.807, 2.05) is 47.4 Å². The zero-order valence-electron chi connectivity index (χ0n) is 13.5. The van der Waals surface area contributed by atoms with Gasteiger partial charge < -0.3 is 9.88 Å². The van der Waals surface area contributed by atoms with Gasteiger partial charge in [-0.3, -0.25) is 9.59 Å². The van der Waals surface area contributed by atoms with Crippen LogP contribution >= 0.6 is 15.9 Å². The second-order valence-electron chi connectivity index (χ2n) is 6.29. The van der Waals surface area contributed by atoms with Crippen molar-refractivity contribution in [2.45, 2.75) is 18.9 Å². The van der Waals surface area contributed by atoms with Crippen molar-refractivity contribution >= 4 is 32.7 Å². The highest BCUT2D eigenvalue weighted by Crippen LogP contribution is 2.33. The van der Waals surface area contributed by atoms with Gasteiger partial charge in [0.2, 0.25) is 5.43 Å². The molecule has 2 aromatic carbocycles. The first-order valence-corrected chi connectivity index (χ1v) is 9.11. The molecule has 1 N–H and O–H groups in total. The maximum atomic E-state index is 13.1. The number of hydrogen-bond donors (Lipinski definition) is 1. The number of halogens is 1. The fraction of sp³-hybridized carbons (Fsp3) is 0.200. The lowest BCUT2D eigenvalue weighted by atomic mass is 10.0. The third-order valence-electron chi connectivity index (χ3n) is 4.77. The minimum atomic E-state index is -0.209. The number of carbonyl (C=O) groups excluding carboxylic acids is 1. The SMILES string of the molecule is O=C(c1c[nH]c2ccccc2c1=O)N1CCCC1c1cccc(Br)c1. The summed E-state index contributed by atoms with van der Waals surface area (Å²) in [7, 11) is 0. The van der Waals surface area contributed by atoms with Crippen LogP contribution in [-0.4, -0.2) is 22.3 Å². The van der Waals surface area contributed by atoms with Gasteiger partial charge in [-0.15, -0.1) is 0 Å². The van der Waals surface area contributed by atoms with E-state index in [0.717, 1.165) is 28.4 Å². The molecule has 4 rings (SSSR count). The molecule has 0 saturated carbocycles. The summed E-state index contributed by atoms with van der Waals surface area (Å²) in [5.41, 5.74) is 1.84. The van der Waals surface area contributed by atoms with E-state index in [1.165, 1.54) is 0 Å². The smallest absolute Gasteiger partial charge is 0.259 e. The standard InChI is InChI=1S/C20H17BrN2O2/c21-14-6-3-5-13(11-14)18-9-4-10-23(18)20(25)16-12-22-17-8-2-1-7-15(17)19(16)24/h1-3,5-8,11-12,18H,4,9-10H2,(H,22,24). The molecule has 1 unspecified atom stereocenters. The second kappa shape index (κ2) is 6.48. The first-order chi connectivity index (χ1) is 12.1. The Kier molecular flexibility index (Phi) is 4.17. The van der Waals surface area contributed by atoms with Crippen LogP contribution < -0.4 is 5.43 Å². The van der Waals surface area contributed by atoms with Crippen LogP contribution in [0.3, 0.4) is 0 Å². The Labute approximate surface area is 153 Å². The quantitative estimate of drug-likeness (QED) is 0.702. The van der Waals surface area contributed by atoms with E-state index in [9.17, 15) is 9.59 Å². The van der Waals surface area contributed by atoms with Gasteiger partial charge in [0.15, 0.2) is 0 Å². The fourth-order valence-corrected chi connectivity index (χ4v) is 3.97. The number of aromatic amines is 1. The van der Waals surface area contributed by atoms with Crippen molar-refractivity contribution in [2.75, 3.05) is 6.54 Å². The van der Waals surface area contributed by atoms with Gasteiger partial charge in [0.1, 0.15) is 5.56 Å². The highest BCUT2D eigenvalue weighted by Gasteiger charge is 2.32. The summed E-state index contributed by atoms with van der Waals surface area (Å²) in [5, 5.41) is 0.548. The van der Waals surface area contributed by atoms with Gasteiger partial charge in [-0.05, 0) is 42.7 Å². The van der Waals surface area contributed by atoms with Crippen molar-refractivity contribution in [3.05, 3.63) is 80.6 Å². The Morgan fingerprint density at radius 3 is 2.84 bits per heavy atom. The number of para-hydroxylation sites is 1. The van der Waals surface area contributed by atoms with Gasteiger partial charge in [0, 0.05) is 28.1 Å². The van der Waals surface area contributed by atoms with Crippen molar-refractivity contribution in [3.8, 4) is 0 Å². The van der Waals surface area contributed by atoms with Crippen molar-refractivity contribution in [1.82, 2.24) is 9.88 Å². The number of amides is 1. The van der Waals surface area contributed by atoms with Crippen LogP contribution in [0, 0.1) is 0 Å². The predicted molar refractivity (Wildman–Crippen MR) is 102 cm³/mol. The van der Waals surface area contributed by atoms with Gasteiger partial charge in [-0.2, -0.15) is 0 Å². The van der Waals surface area contributed by atoms with Crippen LogP contribution in [0.15, 0.2) is 64.0 Å². The second-order valence-corrected chi connectivity index (χ2v) is 7.20. The van der Waals surface area contributed by atoms with Gasteiger partial charge in [-0.25, -0.2) is 0 Å². The predicted octanol–water partition coefficient (Wildman–Crippen LogP) is 4.27. The number of pyridine rings is 1. The minimum absolute atomic E-state index is 0.0101. The van der Waals surface area contributed by atoms with E-state index < -0.39 is 0 Å². The highest BCUT2D eigenvalue weighted by molar-refractivity contribution is 9.10. The largest absolute Gasteiger partial charge is 0.360 e. The van der Waals surface area contributed by atoms with E-state index in [4.69, 9.17) is 0 Å². The molecule has 1 atom stereocenters. The highest BCUT2D eigenvalue weighted by atomic mass is 79.9. The lowest BCUT2D eigenvalue weighted by Crippen LogP contribution is -2.34. The molecule has 1 amide bonds. The first-order valence-electron chi connectivity index (χ1n) is 8.32. The molecule has 2 heterocycles. The lowest BCUT2D eigenvalue weighted by Gasteiger charge is -2.25. The molecule has 5 heteroatoms. The Morgan fingerprint density at radius 2 is 2.00 bits per heavy atom. The molecule has 1 aliphatic rings. The topological polar surface area (TPSA) is 53.2 Å². The third-order valence-corrected chi connectivity index (χ3v) is 5.26. The zero-order valence-corrected chi connectivity index (χ0v) is 15.1. The zero-order chi connectivity index (χ0) is 17.4. The Hall–Kier alpha value is -2.40. The normalized spacial score (nSPS) is 17.2. The summed E-state index contributed by atoms with van der Waals surface area (Å²) in [6.07, 6.45) is 3.39. The molecule has 0 bridgehead atoms. The Balaban J connectivity index is 1.73. The van der Waals surface area contributed by atoms with Crippen LogP contribution in [0.25, 0.3) is 10.9 Å². The van der Waals surface area contributed by atoms with Crippen molar-refractivity contribution < 1.29 is 4.79 Å². The summed E-state index contributed by atoms with van der Waals surface area (Å²) in [6.45, 7) is 0.669. The molecule has 1 aliphatic heterocycles. The number of rotatable bonds is 2. The van der Waals surface area contributed by atoms with Gasteiger partial charge >= 0.3 is 0 Å².